The van der Waals surface area contributed by atoms with Crippen LogP contribution in [-0.2, 0) is 4.79 Å². The highest BCUT2D eigenvalue weighted by Crippen LogP contribution is 2.22. The van der Waals surface area contributed by atoms with Gasteiger partial charge >= 0.3 is 5.97 Å². The van der Waals surface area contributed by atoms with E-state index in [0.717, 1.165) is 10.0 Å². The van der Waals surface area contributed by atoms with Gasteiger partial charge in [-0.15, -0.1) is 0 Å². The van der Waals surface area contributed by atoms with Crippen LogP contribution in [0.4, 0.5) is 0 Å². The number of aliphatic carboxylic acids is 1. The fraction of sp³-hybridized carbons (Fsp3) is 0.100. The Morgan fingerprint density at radius 1 is 1.57 bits per heavy atom. The molecule has 0 aromatic heterocycles. The lowest BCUT2D eigenvalue weighted by Gasteiger charge is -1.98. The van der Waals surface area contributed by atoms with Gasteiger partial charge in [0.1, 0.15) is 0 Å². The second kappa shape index (κ2) is 5.17. The van der Waals surface area contributed by atoms with Crippen LogP contribution in [0, 0.1) is 0 Å². The average molecular weight is 276 g/mol. The molecule has 0 saturated heterocycles. The summed E-state index contributed by atoms with van der Waals surface area (Å²) in [7, 11) is 0. The highest BCUT2D eigenvalue weighted by molar-refractivity contribution is 9.10. The predicted octanol–water partition coefficient (Wildman–Crippen LogP) is 3.59. The van der Waals surface area contributed by atoms with Gasteiger partial charge in [0.05, 0.1) is 6.42 Å². The van der Waals surface area contributed by atoms with Crippen LogP contribution in [0.2, 0.25) is 5.02 Å². The monoisotopic (exact) mass is 274 g/mol. The van der Waals surface area contributed by atoms with Gasteiger partial charge in [-0.1, -0.05) is 39.7 Å². The molecule has 0 radical (unpaired) electrons. The third kappa shape index (κ3) is 3.52. The third-order valence-electron chi connectivity index (χ3n) is 1.55. The molecule has 4 heteroatoms. The molecule has 0 atom stereocenters. The van der Waals surface area contributed by atoms with Gasteiger partial charge in [0.2, 0.25) is 0 Å². The maximum Gasteiger partial charge on any atom is 0.307 e. The number of carboxylic acid groups (broad SMARTS) is 1. The van der Waals surface area contributed by atoms with E-state index < -0.39 is 5.97 Å². The van der Waals surface area contributed by atoms with E-state index >= 15 is 0 Å². The number of carboxylic acids is 1. The summed E-state index contributed by atoms with van der Waals surface area (Å²) < 4.78 is 0.914. The molecule has 14 heavy (non-hydrogen) atoms. The van der Waals surface area contributed by atoms with E-state index in [1.165, 1.54) is 0 Å². The Kier molecular flexibility index (Phi) is 4.17. The maximum atomic E-state index is 10.2. The molecular weight excluding hydrogens is 267 g/mol. The van der Waals surface area contributed by atoms with Gasteiger partial charge in [0.25, 0.3) is 0 Å². The van der Waals surface area contributed by atoms with E-state index in [1.807, 2.05) is 12.1 Å². The van der Waals surface area contributed by atoms with Gasteiger partial charge in [-0.25, -0.2) is 0 Å². The lowest BCUT2D eigenvalue weighted by Crippen LogP contribution is -1.89. The molecule has 0 aliphatic rings. The van der Waals surface area contributed by atoms with Crippen molar-refractivity contribution in [1.29, 1.82) is 0 Å². The topological polar surface area (TPSA) is 37.3 Å². The zero-order chi connectivity index (χ0) is 10.6. The fourth-order valence-electron chi connectivity index (χ4n) is 0.929. The molecule has 0 amide bonds. The summed E-state index contributed by atoms with van der Waals surface area (Å²) in [6, 6.07) is 5.42. The van der Waals surface area contributed by atoms with Gasteiger partial charge in [0, 0.05) is 9.50 Å². The molecule has 2 nitrogen and oxygen atoms in total. The Morgan fingerprint density at radius 3 is 2.93 bits per heavy atom. The maximum absolute atomic E-state index is 10.2. The molecule has 0 bridgehead atoms. The molecule has 1 aromatic rings. The van der Waals surface area contributed by atoms with Crippen molar-refractivity contribution in [3.8, 4) is 0 Å². The molecule has 0 aliphatic carbocycles. The van der Waals surface area contributed by atoms with Crippen LogP contribution >= 0.6 is 27.5 Å². The molecule has 1 aromatic carbocycles. The Balaban J connectivity index is 2.80. The van der Waals surface area contributed by atoms with Crippen LogP contribution in [0.3, 0.4) is 0 Å². The second-order valence-corrected chi connectivity index (χ2v) is 3.99. The zero-order valence-electron chi connectivity index (χ0n) is 7.21. The van der Waals surface area contributed by atoms with Crippen LogP contribution < -0.4 is 0 Å². The lowest BCUT2D eigenvalue weighted by molar-refractivity contribution is -0.135. The number of halogens is 2. The predicted molar refractivity (Wildman–Crippen MR) is 60.4 cm³/mol. The Hall–Kier alpha value is -0.800. The summed E-state index contributed by atoms with van der Waals surface area (Å²) in [5.41, 5.74) is 0.808. The molecule has 0 unspecified atom stereocenters. The summed E-state index contributed by atoms with van der Waals surface area (Å²) in [5.74, 6) is -0.854. The first-order valence-corrected chi connectivity index (χ1v) is 5.10. The normalized spacial score (nSPS) is 10.7. The summed E-state index contributed by atoms with van der Waals surface area (Å²) in [5, 5.41) is 9.03. The molecule has 74 valence electrons. The van der Waals surface area contributed by atoms with Gasteiger partial charge in [0.15, 0.2) is 0 Å². The van der Waals surface area contributed by atoms with E-state index in [2.05, 4.69) is 15.9 Å². The van der Waals surface area contributed by atoms with Crippen molar-refractivity contribution in [3.05, 3.63) is 39.3 Å². The molecular formula is C10H8BrClO2. The number of rotatable bonds is 3. The van der Waals surface area contributed by atoms with Crippen LogP contribution in [-0.4, -0.2) is 11.1 Å². The third-order valence-corrected chi connectivity index (χ3v) is 2.39. The van der Waals surface area contributed by atoms with Gasteiger partial charge in [-0.2, -0.15) is 0 Å². The van der Waals surface area contributed by atoms with E-state index in [4.69, 9.17) is 16.7 Å². The number of carbonyl (C=O) groups is 1. The summed E-state index contributed by atoms with van der Waals surface area (Å²) in [4.78, 5) is 10.2. The standard InChI is InChI=1S/C10H8BrClO2/c11-8-4-5-9(12)7(6-8)2-1-3-10(13)14/h1-2,4-6H,3H2,(H,13,14). The first kappa shape index (κ1) is 11.3. The van der Waals surface area contributed by atoms with Gasteiger partial charge in [-0.05, 0) is 23.8 Å². The van der Waals surface area contributed by atoms with Crippen LogP contribution in [0.15, 0.2) is 28.7 Å². The Morgan fingerprint density at radius 2 is 2.29 bits per heavy atom. The fourth-order valence-corrected chi connectivity index (χ4v) is 1.49. The van der Waals surface area contributed by atoms with Gasteiger partial charge in [-0.3, -0.25) is 4.79 Å². The van der Waals surface area contributed by atoms with Gasteiger partial charge < -0.3 is 5.11 Å². The van der Waals surface area contributed by atoms with Crippen molar-refractivity contribution >= 4 is 39.6 Å². The minimum atomic E-state index is -0.854. The quantitative estimate of drug-likeness (QED) is 0.915. The smallest absolute Gasteiger partial charge is 0.307 e. The summed E-state index contributed by atoms with van der Waals surface area (Å²) in [6.07, 6.45) is 3.26. The number of benzene rings is 1. The van der Waals surface area contributed by atoms with Crippen molar-refractivity contribution in [2.45, 2.75) is 6.42 Å². The van der Waals surface area contributed by atoms with Crippen molar-refractivity contribution in [1.82, 2.24) is 0 Å². The van der Waals surface area contributed by atoms with E-state index in [0.29, 0.717) is 5.02 Å². The van der Waals surface area contributed by atoms with Crippen molar-refractivity contribution in [2.75, 3.05) is 0 Å². The van der Waals surface area contributed by atoms with Crippen LogP contribution in [0.1, 0.15) is 12.0 Å². The molecule has 0 spiro atoms. The molecule has 0 heterocycles. The second-order valence-electron chi connectivity index (χ2n) is 2.67. The van der Waals surface area contributed by atoms with Crippen molar-refractivity contribution < 1.29 is 9.90 Å². The first-order valence-electron chi connectivity index (χ1n) is 3.93. The molecule has 0 aliphatic heterocycles. The van der Waals surface area contributed by atoms with Crippen molar-refractivity contribution in [2.24, 2.45) is 0 Å². The minimum Gasteiger partial charge on any atom is -0.481 e. The summed E-state index contributed by atoms with van der Waals surface area (Å²) in [6.45, 7) is 0. The number of hydrogen-bond donors (Lipinski definition) is 1. The molecule has 0 saturated carbocycles. The molecule has 0 fully saturated rings. The van der Waals surface area contributed by atoms with Crippen LogP contribution in [0.25, 0.3) is 6.08 Å². The van der Waals surface area contributed by atoms with Crippen LogP contribution in [0.5, 0.6) is 0 Å². The SMILES string of the molecule is O=C(O)CC=Cc1cc(Br)ccc1Cl. The molecule has 1 rings (SSSR count). The minimum absolute atomic E-state index is 0.00282. The average Bonchev–Trinajstić information content (AvgIpc) is 2.10. The largest absolute Gasteiger partial charge is 0.481 e. The first-order chi connectivity index (χ1) is 6.59. The van der Waals surface area contributed by atoms with E-state index in [-0.39, 0.29) is 6.42 Å². The van der Waals surface area contributed by atoms with E-state index in [9.17, 15) is 4.79 Å². The Bertz CT molecular complexity index is 374. The lowest BCUT2D eigenvalue weighted by atomic mass is 10.2. The van der Waals surface area contributed by atoms with Crippen molar-refractivity contribution in [3.63, 3.8) is 0 Å². The highest BCUT2D eigenvalue weighted by atomic mass is 79.9. The summed E-state index contributed by atoms with van der Waals surface area (Å²) >= 11 is 9.20. The highest BCUT2D eigenvalue weighted by Gasteiger charge is 1.97. The van der Waals surface area contributed by atoms with E-state index in [1.54, 1.807) is 18.2 Å². The molecule has 1 N–H and O–H groups in total. The Labute approximate surface area is 95.3 Å². The number of hydrogen-bond acceptors (Lipinski definition) is 1. The zero-order valence-corrected chi connectivity index (χ0v) is 9.55.